The van der Waals surface area contributed by atoms with Gasteiger partial charge in [0.15, 0.2) is 0 Å². The van der Waals surface area contributed by atoms with E-state index in [1.54, 1.807) is 12.4 Å². The topological polar surface area (TPSA) is 75.8 Å². The van der Waals surface area contributed by atoms with E-state index in [0.29, 0.717) is 12.4 Å². The normalized spacial score (nSPS) is 10.5. The lowest BCUT2D eigenvalue weighted by Crippen LogP contribution is -2.19. The molecule has 0 aliphatic carbocycles. The fourth-order valence-corrected chi connectivity index (χ4v) is 1.44. The molecule has 2 aromatic rings. The Labute approximate surface area is 87.7 Å². The lowest BCUT2D eigenvalue weighted by Gasteiger charge is -2.17. The number of nitrogens with zero attached hydrogens (tertiary/aromatic N) is 4. The maximum atomic E-state index is 5.72. The average molecular weight is 206 g/mol. The zero-order valence-electron chi connectivity index (χ0n) is 8.81. The third-order valence-electron chi connectivity index (χ3n) is 2.36. The van der Waals surface area contributed by atoms with Crippen molar-refractivity contribution < 1.29 is 0 Å². The van der Waals surface area contributed by atoms with E-state index in [2.05, 4.69) is 15.2 Å². The Hall–Kier alpha value is -1.98. The van der Waals surface area contributed by atoms with Crippen LogP contribution in [-0.2, 0) is 13.6 Å². The van der Waals surface area contributed by atoms with E-state index in [9.17, 15) is 0 Å². The van der Waals surface area contributed by atoms with Crippen LogP contribution in [0.15, 0.2) is 18.6 Å². The molecule has 0 spiro atoms. The van der Waals surface area contributed by atoms with Crippen LogP contribution in [0.25, 0.3) is 0 Å². The maximum absolute atomic E-state index is 5.72. The van der Waals surface area contributed by atoms with E-state index >= 15 is 0 Å². The highest BCUT2D eigenvalue weighted by atomic mass is 15.2. The van der Waals surface area contributed by atoms with Crippen molar-refractivity contribution in [1.82, 2.24) is 19.7 Å². The molecule has 0 saturated carbocycles. The molecule has 0 fully saturated rings. The van der Waals surface area contributed by atoms with Crippen LogP contribution >= 0.6 is 0 Å². The van der Waals surface area contributed by atoms with E-state index in [4.69, 9.17) is 5.73 Å². The SMILES string of the molecule is CN(Cc1nccn1C)c1cn[nH]c1N. The van der Waals surface area contributed by atoms with E-state index in [1.807, 2.05) is 29.8 Å². The molecule has 6 heteroatoms. The molecule has 3 N–H and O–H groups in total. The van der Waals surface area contributed by atoms with E-state index < -0.39 is 0 Å². The summed E-state index contributed by atoms with van der Waals surface area (Å²) in [6.07, 6.45) is 5.40. The van der Waals surface area contributed by atoms with E-state index in [-0.39, 0.29) is 0 Å². The zero-order chi connectivity index (χ0) is 10.8. The van der Waals surface area contributed by atoms with E-state index in [0.717, 1.165) is 11.5 Å². The summed E-state index contributed by atoms with van der Waals surface area (Å²) in [4.78, 5) is 6.25. The fraction of sp³-hybridized carbons (Fsp3) is 0.333. The summed E-state index contributed by atoms with van der Waals surface area (Å²) in [5.74, 6) is 1.56. The lowest BCUT2D eigenvalue weighted by molar-refractivity contribution is 0.762. The Kier molecular flexibility index (Phi) is 2.32. The standard InChI is InChI=1S/C9H14N6/c1-14-4-3-11-8(14)6-15(2)7-5-12-13-9(7)10/h3-5H,6H2,1-2H3,(H3,10,12,13). The molecule has 80 valence electrons. The quantitative estimate of drug-likeness (QED) is 0.760. The second kappa shape index (κ2) is 3.64. The molecular weight excluding hydrogens is 192 g/mol. The van der Waals surface area contributed by atoms with Crippen LogP contribution in [0.4, 0.5) is 11.5 Å². The van der Waals surface area contributed by atoms with Gasteiger partial charge in [0, 0.05) is 26.5 Å². The van der Waals surface area contributed by atoms with Gasteiger partial charge in [-0.25, -0.2) is 4.98 Å². The number of nitrogens with one attached hydrogen (secondary N) is 1. The number of imidazole rings is 1. The van der Waals surface area contributed by atoms with Crippen molar-refractivity contribution in [3.05, 3.63) is 24.4 Å². The van der Waals surface area contributed by atoms with Gasteiger partial charge >= 0.3 is 0 Å². The first-order valence-corrected chi connectivity index (χ1v) is 4.64. The number of aryl methyl sites for hydroxylation is 1. The maximum Gasteiger partial charge on any atom is 0.142 e. The summed E-state index contributed by atoms with van der Waals surface area (Å²) in [5.41, 5.74) is 6.61. The van der Waals surface area contributed by atoms with Crippen molar-refractivity contribution in [2.24, 2.45) is 7.05 Å². The van der Waals surface area contributed by atoms with Gasteiger partial charge in [0.2, 0.25) is 0 Å². The highest BCUT2D eigenvalue weighted by Crippen LogP contribution is 2.19. The van der Waals surface area contributed by atoms with Crippen LogP contribution in [0.2, 0.25) is 0 Å². The van der Waals surface area contributed by atoms with Crippen LogP contribution in [0, 0.1) is 0 Å². The number of aromatic nitrogens is 4. The Morgan fingerprint density at radius 3 is 2.93 bits per heavy atom. The lowest BCUT2D eigenvalue weighted by atomic mass is 10.4. The first-order chi connectivity index (χ1) is 7.18. The number of rotatable bonds is 3. The molecule has 2 heterocycles. The Morgan fingerprint density at radius 1 is 1.60 bits per heavy atom. The first kappa shape index (κ1) is 9.57. The van der Waals surface area contributed by atoms with Gasteiger partial charge in [-0.15, -0.1) is 0 Å². The van der Waals surface area contributed by atoms with Gasteiger partial charge in [0.25, 0.3) is 0 Å². The predicted molar refractivity (Wildman–Crippen MR) is 58.3 cm³/mol. The van der Waals surface area contributed by atoms with Gasteiger partial charge in [0.05, 0.1) is 18.4 Å². The summed E-state index contributed by atoms with van der Waals surface area (Å²) in [5, 5.41) is 6.58. The average Bonchev–Trinajstić information content (AvgIpc) is 2.76. The molecule has 0 aliphatic rings. The summed E-state index contributed by atoms with van der Waals surface area (Å²) in [6.45, 7) is 0.702. The van der Waals surface area contributed by atoms with Gasteiger partial charge < -0.3 is 15.2 Å². The number of anilines is 2. The summed E-state index contributed by atoms with van der Waals surface area (Å²) >= 11 is 0. The van der Waals surface area contributed by atoms with Crippen molar-refractivity contribution in [3.63, 3.8) is 0 Å². The first-order valence-electron chi connectivity index (χ1n) is 4.64. The van der Waals surface area contributed by atoms with Crippen LogP contribution < -0.4 is 10.6 Å². The zero-order valence-corrected chi connectivity index (χ0v) is 8.81. The molecule has 6 nitrogen and oxygen atoms in total. The molecule has 0 atom stereocenters. The molecule has 0 bridgehead atoms. The molecule has 0 aliphatic heterocycles. The van der Waals surface area contributed by atoms with Crippen LogP contribution in [0.3, 0.4) is 0 Å². The minimum Gasteiger partial charge on any atom is -0.382 e. The Bertz CT molecular complexity index is 443. The van der Waals surface area contributed by atoms with Crippen LogP contribution in [-0.4, -0.2) is 26.8 Å². The van der Waals surface area contributed by atoms with Gasteiger partial charge in [-0.05, 0) is 0 Å². The van der Waals surface area contributed by atoms with Crippen LogP contribution in [0.1, 0.15) is 5.82 Å². The largest absolute Gasteiger partial charge is 0.382 e. The molecule has 0 radical (unpaired) electrons. The van der Waals surface area contributed by atoms with Gasteiger partial charge in [-0.3, -0.25) is 5.10 Å². The molecule has 2 rings (SSSR count). The van der Waals surface area contributed by atoms with Gasteiger partial charge in [0.1, 0.15) is 11.6 Å². The van der Waals surface area contributed by atoms with Crippen LogP contribution in [0.5, 0.6) is 0 Å². The van der Waals surface area contributed by atoms with Gasteiger partial charge in [-0.2, -0.15) is 5.10 Å². The molecular formula is C9H14N6. The highest BCUT2D eigenvalue weighted by Gasteiger charge is 2.09. The van der Waals surface area contributed by atoms with Crippen molar-refractivity contribution in [1.29, 1.82) is 0 Å². The third-order valence-corrected chi connectivity index (χ3v) is 2.36. The highest BCUT2D eigenvalue weighted by molar-refractivity contribution is 5.61. The number of nitrogen functional groups attached to an aromatic ring is 1. The van der Waals surface area contributed by atoms with Crippen molar-refractivity contribution in [2.75, 3.05) is 17.7 Å². The molecule has 0 amide bonds. The molecule has 0 aromatic carbocycles. The number of H-pyrrole nitrogens is 1. The van der Waals surface area contributed by atoms with E-state index in [1.165, 1.54) is 0 Å². The van der Waals surface area contributed by atoms with Crippen molar-refractivity contribution in [3.8, 4) is 0 Å². The predicted octanol–water partition coefficient (Wildman–Crippen LogP) is 0.362. The minimum absolute atomic E-state index is 0.576. The monoisotopic (exact) mass is 206 g/mol. The summed E-state index contributed by atoms with van der Waals surface area (Å²) < 4.78 is 1.98. The summed E-state index contributed by atoms with van der Waals surface area (Å²) in [7, 11) is 3.92. The fourth-order valence-electron chi connectivity index (χ4n) is 1.44. The Balaban J connectivity index is 2.14. The third kappa shape index (κ3) is 1.78. The molecule has 15 heavy (non-hydrogen) atoms. The van der Waals surface area contributed by atoms with Gasteiger partial charge in [-0.1, -0.05) is 0 Å². The van der Waals surface area contributed by atoms with Crippen molar-refractivity contribution >= 4 is 11.5 Å². The number of aromatic amines is 1. The number of hydrogen-bond donors (Lipinski definition) is 2. The minimum atomic E-state index is 0.576. The van der Waals surface area contributed by atoms with Crippen molar-refractivity contribution in [2.45, 2.75) is 6.54 Å². The molecule has 0 unspecified atom stereocenters. The molecule has 0 saturated heterocycles. The smallest absolute Gasteiger partial charge is 0.142 e. The Morgan fingerprint density at radius 2 is 2.40 bits per heavy atom. The number of hydrogen-bond acceptors (Lipinski definition) is 4. The second-order valence-corrected chi connectivity index (χ2v) is 3.48. The second-order valence-electron chi connectivity index (χ2n) is 3.48. The molecule has 2 aromatic heterocycles. The summed E-state index contributed by atoms with van der Waals surface area (Å²) in [6, 6.07) is 0. The number of nitrogens with two attached hydrogens (primary N) is 1.